The number of hydrogen-bond acceptors (Lipinski definition) is 2. The van der Waals surface area contributed by atoms with Crippen LogP contribution in [0.5, 0.6) is 0 Å². The van der Waals surface area contributed by atoms with Crippen LogP contribution < -0.4 is 0 Å². The molecule has 1 atom stereocenters. The number of carboxylic acids is 1. The Labute approximate surface area is 121 Å². The minimum Gasteiger partial charge on any atom is -0.480 e. The molecule has 110 valence electrons. The van der Waals surface area contributed by atoms with Gasteiger partial charge in [0, 0.05) is 6.04 Å². The molecule has 20 heavy (non-hydrogen) atoms. The van der Waals surface area contributed by atoms with Gasteiger partial charge in [0.15, 0.2) is 0 Å². The number of benzene rings is 1. The van der Waals surface area contributed by atoms with Crippen molar-refractivity contribution in [2.24, 2.45) is 0 Å². The highest BCUT2D eigenvalue weighted by molar-refractivity contribution is 5.69. The summed E-state index contributed by atoms with van der Waals surface area (Å²) in [5.41, 5.74) is 2.88. The molecule has 0 saturated carbocycles. The third-order valence-electron chi connectivity index (χ3n) is 4.38. The maximum absolute atomic E-state index is 11.1. The van der Waals surface area contributed by atoms with E-state index in [1.165, 1.54) is 11.1 Å². The second-order valence-electron chi connectivity index (χ2n) is 6.39. The standard InChI is InChI=1S/C17H25NO2/c1-4-11-18(12-16(19)20)15-9-10-17(2,3)14-8-6-5-7-13(14)15/h5-8,15H,4,9-12H2,1-3H3,(H,19,20). The van der Waals surface area contributed by atoms with E-state index >= 15 is 0 Å². The van der Waals surface area contributed by atoms with Gasteiger partial charge in [-0.15, -0.1) is 0 Å². The topological polar surface area (TPSA) is 40.5 Å². The Bertz CT molecular complexity index is 482. The van der Waals surface area contributed by atoms with E-state index in [0.29, 0.717) is 0 Å². The number of rotatable bonds is 5. The first-order valence-electron chi connectivity index (χ1n) is 7.51. The zero-order chi connectivity index (χ0) is 14.8. The number of carboxylic acid groups (broad SMARTS) is 1. The summed E-state index contributed by atoms with van der Waals surface area (Å²) in [6, 6.07) is 8.77. The SMILES string of the molecule is CCCN(CC(=O)O)C1CCC(C)(C)c2ccccc21. The van der Waals surface area contributed by atoms with Crippen molar-refractivity contribution in [3.63, 3.8) is 0 Å². The predicted molar refractivity (Wildman–Crippen MR) is 80.9 cm³/mol. The van der Waals surface area contributed by atoms with E-state index in [-0.39, 0.29) is 18.0 Å². The van der Waals surface area contributed by atoms with Crippen LogP contribution in [0.3, 0.4) is 0 Å². The van der Waals surface area contributed by atoms with E-state index in [1.54, 1.807) is 0 Å². The van der Waals surface area contributed by atoms with Crippen molar-refractivity contribution < 1.29 is 9.90 Å². The van der Waals surface area contributed by atoms with Gasteiger partial charge in [-0.1, -0.05) is 45.0 Å². The fourth-order valence-electron chi connectivity index (χ4n) is 3.38. The molecule has 2 rings (SSSR count). The number of fused-ring (bicyclic) bond motifs is 1. The number of hydrogen-bond donors (Lipinski definition) is 1. The van der Waals surface area contributed by atoms with E-state index in [9.17, 15) is 4.79 Å². The lowest BCUT2D eigenvalue weighted by Gasteiger charge is -2.41. The average molecular weight is 275 g/mol. The minimum absolute atomic E-state index is 0.132. The fraction of sp³-hybridized carbons (Fsp3) is 0.588. The van der Waals surface area contributed by atoms with Crippen molar-refractivity contribution in [3.8, 4) is 0 Å². The Kier molecular flexibility index (Phi) is 4.48. The van der Waals surface area contributed by atoms with E-state index in [2.05, 4.69) is 49.9 Å². The van der Waals surface area contributed by atoms with E-state index in [1.807, 2.05) is 0 Å². The van der Waals surface area contributed by atoms with E-state index in [4.69, 9.17) is 5.11 Å². The Morgan fingerprint density at radius 3 is 2.75 bits per heavy atom. The number of nitrogens with zero attached hydrogens (tertiary/aromatic N) is 1. The number of aliphatic carboxylic acids is 1. The molecule has 1 aromatic rings. The average Bonchev–Trinajstić information content (AvgIpc) is 2.38. The van der Waals surface area contributed by atoms with Crippen molar-refractivity contribution in [1.29, 1.82) is 0 Å². The summed E-state index contributed by atoms with van der Waals surface area (Å²) in [5.74, 6) is -0.735. The molecule has 0 aromatic heterocycles. The molecule has 1 unspecified atom stereocenters. The minimum atomic E-state index is -0.735. The van der Waals surface area contributed by atoms with Crippen molar-refractivity contribution in [2.45, 2.75) is 51.5 Å². The van der Waals surface area contributed by atoms with Gasteiger partial charge in [-0.05, 0) is 42.3 Å². The fourth-order valence-corrected chi connectivity index (χ4v) is 3.38. The Hall–Kier alpha value is -1.35. The third-order valence-corrected chi connectivity index (χ3v) is 4.38. The lowest BCUT2D eigenvalue weighted by molar-refractivity contribution is -0.139. The van der Waals surface area contributed by atoms with Gasteiger partial charge in [-0.25, -0.2) is 0 Å². The summed E-state index contributed by atoms with van der Waals surface area (Å²) in [4.78, 5) is 13.2. The molecule has 3 nitrogen and oxygen atoms in total. The molecule has 1 aromatic carbocycles. The lowest BCUT2D eigenvalue weighted by Crippen LogP contribution is -2.39. The molecule has 1 N–H and O–H groups in total. The van der Waals surface area contributed by atoms with Gasteiger partial charge in [-0.3, -0.25) is 9.69 Å². The molecule has 0 fully saturated rings. The summed E-state index contributed by atoms with van der Waals surface area (Å²) in [5, 5.41) is 9.15. The van der Waals surface area contributed by atoms with Crippen LogP contribution in [0.1, 0.15) is 57.2 Å². The van der Waals surface area contributed by atoms with Crippen LogP contribution >= 0.6 is 0 Å². The molecule has 0 spiro atoms. The van der Waals surface area contributed by atoms with Gasteiger partial charge in [-0.2, -0.15) is 0 Å². The van der Waals surface area contributed by atoms with Gasteiger partial charge in [0.05, 0.1) is 6.54 Å². The Balaban J connectivity index is 2.35. The molecule has 0 saturated heterocycles. The molecule has 0 bridgehead atoms. The highest BCUT2D eigenvalue weighted by Crippen LogP contribution is 2.43. The number of carbonyl (C=O) groups is 1. The van der Waals surface area contributed by atoms with Gasteiger partial charge >= 0.3 is 5.97 Å². The van der Waals surface area contributed by atoms with Crippen molar-refractivity contribution >= 4 is 5.97 Å². The van der Waals surface area contributed by atoms with Crippen LogP contribution in [0.25, 0.3) is 0 Å². The molecule has 0 amide bonds. The quantitative estimate of drug-likeness (QED) is 0.892. The summed E-state index contributed by atoms with van der Waals surface area (Å²) >= 11 is 0. The highest BCUT2D eigenvalue weighted by atomic mass is 16.4. The summed E-state index contributed by atoms with van der Waals surface area (Å²) in [7, 11) is 0. The molecule has 3 heteroatoms. The van der Waals surface area contributed by atoms with Crippen LogP contribution in [0.15, 0.2) is 24.3 Å². The van der Waals surface area contributed by atoms with Crippen molar-refractivity contribution in [1.82, 2.24) is 4.90 Å². The van der Waals surface area contributed by atoms with Crippen LogP contribution in [0.2, 0.25) is 0 Å². The molecule has 0 heterocycles. The molecule has 0 radical (unpaired) electrons. The lowest BCUT2D eigenvalue weighted by atomic mass is 9.70. The van der Waals surface area contributed by atoms with Crippen molar-refractivity contribution in [3.05, 3.63) is 35.4 Å². The first-order chi connectivity index (χ1) is 9.45. The van der Waals surface area contributed by atoms with Crippen LogP contribution in [-0.4, -0.2) is 29.1 Å². The summed E-state index contributed by atoms with van der Waals surface area (Å²) < 4.78 is 0. The maximum Gasteiger partial charge on any atom is 0.317 e. The first kappa shape index (κ1) is 15.0. The van der Waals surface area contributed by atoms with Gasteiger partial charge < -0.3 is 5.11 Å². The molecular formula is C17H25NO2. The zero-order valence-electron chi connectivity index (χ0n) is 12.7. The monoisotopic (exact) mass is 275 g/mol. The van der Waals surface area contributed by atoms with Crippen LogP contribution in [0, 0.1) is 0 Å². The molecule has 1 aliphatic carbocycles. The van der Waals surface area contributed by atoms with Gasteiger partial charge in [0.1, 0.15) is 0 Å². The molecule has 1 aliphatic rings. The second-order valence-corrected chi connectivity index (χ2v) is 6.39. The molecule has 0 aliphatic heterocycles. The largest absolute Gasteiger partial charge is 0.480 e. The third kappa shape index (κ3) is 3.04. The summed E-state index contributed by atoms with van der Waals surface area (Å²) in [6.45, 7) is 7.64. The Morgan fingerprint density at radius 2 is 2.10 bits per heavy atom. The smallest absolute Gasteiger partial charge is 0.317 e. The zero-order valence-corrected chi connectivity index (χ0v) is 12.7. The normalized spacial score (nSPS) is 20.7. The summed E-state index contributed by atoms with van der Waals surface area (Å²) in [6.07, 6.45) is 3.13. The highest BCUT2D eigenvalue weighted by Gasteiger charge is 2.35. The van der Waals surface area contributed by atoms with Crippen LogP contribution in [0.4, 0.5) is 0 Å². The van der Waals surface area contributed by atoms with Crippen molar-refractivity contribution in [2.75, 3.05) is 13.1 Å². The maximum atomic E-state index is 11.1. The van der Waals surface area contributed by atoms with Gasteiger partial charge in [0.25, 0.3) is 0 Å². The molecular weight excluding hydrogens is 250 g/mol. The Morgan fingerprint density at radius 1 is 1.40 bits per heavy atom. The second kappa shape index (κ2) is 5.96. The predicted octanol–water partition coefficient (Wildman–Crippen LogP) is 3.60. The van der Waals surface area contributed by atoms with E-state index in [0.717, 1.165) is 25.8 Å². The van der Waals surface area contributed by atoms with Gasteiger partial charge in [0.2, 0.25) is 0 Å². The van der Waals surface area contributed by atoms with E-state index < -0.39 is 5.97 Å². The first-order valence-corrected chi connectivity index (χ1v) is 7.51. The van der Waals surface area contributed by atoms with Crippen LogP contribution in [-0.2, 0) is 10.2 Å².